The van der Waals surface area contributed by atoms with E-state index in [1.807, 2.05) is 31.2 Å². The van der Waals surface area contributed by atoms with Crippen LogP contribution in [0.1, 0.15) is 30.0 Å². The SMILES string of the molecule is Cc1ccccc1[C@H]1CCCN1S(=O)(=O)c1ccccc1[N+](=O)[O-]. The zero-order valence-corrected chi connectivity index (χ0v) is 14.1. The predicted octanol–water partition coefficient (Wildman–Crippen LogP) is 3.43. The molecule has 6 nitrogen and oxygen atoms in total. The van der Waals surface area contributed by atoms with E-state index in [2.05, 4.69) is 0 Å². The Hall–Kier alpha value is -2.25. The van der Waals surface area contributed by atoms with E-state index < -0.39 is 14.9 Å². The lowest BCUT2D eigenvalue weighted by atomic mass is 10.0. The second-order valence-electron chi connectivity index (χ2n) is 5.86. The molecule has 2 aromatic rings. The molecule has 1 heterocycles. The summed E-state index contributed by atoms with van der Waals surface area (Å²) >= 11 is 0. The number of hydrogen-bond donors (Lipinski definition) is 0. The number of sulfonamides is 1. The van der Waals surface area contributed by atoms with Crippen molar-refractivity contribution >= 4 is 15.7 Å². The third kappa shape index (κ3) is 2.81. The molecular weight excluding hydrogens is 328 g/mol. The van der Waals surface area contributed by atoms with Crippen molar-refractivity contribution in [2.24, 2.45) is 0 Å². The predicted molar refractivity (Wildman–Crippen MR) is 90.1 cm³/mol. The summed E-state index contributed by atoms with van der Waals surface area (Å²) in [7, 11) is -3.94. The average molecular weight is 346 g/mol. The lowest BCUT2D eigenvalue weighted by molar-refractivity contribution is -0.387. The smallest absolute Gasteiger partial charge is 0.258 e. The van der Waals surface area contributed by atoms with Gasteiger partial charge < -0.3 is 0 Å². The Labute approximate surface area is 140 Å². The van der Waals surface area contributed by atoms with Gasteiger partial charge in [-0.3, -0.25) is 10.1 Å². The van der Waals surface area contributed by atoms with Crippen LogP contribution in [-0.4, -0.2) is 24.2 Å². The minimum Gasteiger partial charge on any atom is -0.258 e. The maximum absolute atomic E-state index is 13.1. The number of aryl methyl sites for hydroxylation is 1. The number of nitrogens with zero attached hydrogens (tertiary/aromatic N) is 2. The third-order valence-electron chi connectivity index (χ3n) is 4.40. The maximum atomic E-state index is 13.1. The van der Waals surface area contributed by atoms with Crippen LogP contribution < -0.4 is 0 Å². The van der Waals surface area contributed by atoms with Gasteiger partial charge in [0.15, 0.2) is 4.90 Å². The van der Waals surface area contributed by atoms with Crippen molar-refractivity contribution in [2.75, 3.05) is 6.54 Å². The monoisotopic (exact) mass is 346 g/mol. The molecule has 1 saturated heterocycles. The summed E-state index contributed by atoms with van der Waals surface area (Å²) in [6, 6.07) is 12.9. The summed E-state index contributed by atoms with van der Waals surface area (Å²) in [6.07, 6.45) is 1.45. The van der Waals surface area contributed by atoms with Gasteiger partial charge >= 0.3 is 0 Å². The minimum atomic E-state index is -3.94. The van der Waals surface area contributed by atoms with Crippen LogP contribution in [0.3, 0.4) is 0 Å². The molecule has 0 spiro atoms. The van der Waals surface area contributed by atoms with Crippen molar-refractivity contribution in [1.82, 2.24) is 4.31 Å². The van der Waals surface area contributed by atoms with Crippen LogP contribution in [0.15, 0.2) is 53.4 Å². The van der Waals surface area contributed by atoms with Crippen molar-refractivity contribution in [3.05, 3.63) is 69.8 Å². The normalized spacial score (nSPS) is 18.6. The standard InChI is InChI=1S/C17H18N2O4S/c1-13-7-2-3-8-14(13)15-10-6-12-18(15)24(22,23)17-11-5-4-9-16(17)19(20)21/h2-5,7-9,11,15H,6,10,12H2,1H3/t15-/m1/s1. The van der Waals surface area contributed by atoms with Gasteiger partial charge in [-0.15, -0.1) is 0 Å². The Bertz CT molecular complexity index is 880. The summed E-state index contributed by atoms with van der Waals surface area (Å²) in [5.41, 5.74) is 1.59. The van der Waals surface area contributed by atoms with E-state index in [1.165, 1.54) is 28.6 Å². The molecule has 0 aromatic heterocycles. The summed E-state index contributed by atoms with van der Waals surface area (Å²) < 4.78 is 27.6. The van der Waals surface area contributed by atoms with E-state index in [-0.39, 0.29) is 16.6 Å². The van der Waals surface area contributed by atoms with Gasteiger partial charge in [0, 0.05) is 12.6 Å². The van der Waals surface area contributed by atoms with Crippen LogP contribution in [0.2, 0.25) is 0 Å². The molecule has 0 saturated carbocycles. The lowest BCUT2D eigenvalue weighted by Crippen LogP contribution is -2.31. The number of para-hydroxylation sites is 1. The molecule has 3 rings (SSSR count). The number of benzene rings is 2. The molecule has 24 heavy (non-hydrogen) atoms. The first kappa shape index (κ1) is 16.6. The first-order valence-corrected chi connectivity index (χ1v) is 9.17. The highest BCUT2D eigenvalue weighted by molar-refractivity contribution is 7.89. The van der Waals surface area contributed by atoms with Gasteiger partial charge in [0.25, 0.3) is 5.69 Å². The van der Waals surface area contributed by atoms with Gasteiger partial charge in [-0.1, -0.05) is 36.4 Å². The molecule has 1 fully saturated rings. The number of rotatable bonds is 4. The van der Waals surface area contributed by atoms with Gasteiger partial charge in [-0.2, -0.15) is 4.31 Å². The summed E-state index contributed by atoms with van der Waals surface area (Å²) in [5.74, 6) is 0. The molecule has 1 aliphatic rings. The van der Waals surface area contributed by atoms with Crippen LogP contribution in [0, 0.1) is 17.0 Å². The number of hydrogen-bond acceptors (Lipinski definition) is 4. The topological polar surface area (TPSA) is 80.5 Å². The highest BCUT2D eigenvalue weighted by Gasteiger charge is 2.39. The van der Waals surface area contributed by atoms with E-state index in [1.54, 1.807) is 0 Å². The van der Waals surface area contributed by atoms with Crippen LogP contribution in [0.25, 0.3) is 0 Å². The quantitative estimate of drug-likeness (QED) is 0.627. The van der Waals surface area contributed by atoms with E-state index in [0.717, 1.165) is 17.5 Å². The van der Waals surface area contributed by atoms with Gasteiger partial charge in [-0.05, 0) is 37.0 Å². The average Bonchev–Trinajstić information content (AvgIpc) is 3.05. The fourth-order valence-corrected chi connectivity index (χ4v) is 5.09. The van der Waals surface area contributed by atoms with Crippen molar-refractivity contribution in [3.63, 3.8) is 0 Å². The molecule has 0 unspecified atom stereocenters. The van der Waals surface area contributed by atoms with Crippen molar-refractivity contribution < 1.29 is 13.3 Å². The largest absolute Gasteiger partial charge is 0.289 e. The Kier molecular flexibility index (Phi) is 4.38. The molecule has 0 bridgehead atoms. The fourth-order valence-electron chi connectivity index (χ4n) is 3.25. The third-order valence-corrected chi connectivity index (χ3v) is 6.36. The molecule has 7 heteroatoms. The summed E-state index contributed by atoms with van der Waals surface area (Å²) in [5, 5.41) is 11.2. The van der Waals surface area contributed by atoms with E-state index in [0.29, 0.717) is 13.0 Å². The molecule has 0 radical (unpaired) electrons. The Morgan fingerprint density at radius 3 is 2.50 bits per heavy atom. The highest BCUT2D eigenvalue weighted by Crippen LogP contribution is 2.39. The Morgan fingerprint density at radius 1 is 1.12 bits per heavy atom. The van der Waals surface area contributed by atoms with Crippen molar-refractivity contribution in [2.45, 2.75) is 30.7 Å². The molecule has 0 N–H and O–H groups in total. The molecular formula is C17H18N2O4S. The van der Waals surface area contributed by atoms with E-state index in [4.69, 9.17) is 0 Å². The van der Waals surface area contributed by atoms with E-state index >= 15 is 0 Å². The fraction of sp³-hybridized carbons (Fsp3) is 0.294. The van der Waals surface area contributed by atoms with Crippen LogP contribution in [0.4, 0.5) is 5.69 Å². The summed E-state index contributed by atoms with van der Waals surface area (Å²) in [4.78, 5) is 10.3. The van der Waals surface area contributed by atoms with Crippen LogP contribution in [-0.2, 0) is 10.0 Å². The highest BCUT2D eigenvalue weighted by atomic mass is 32.2. The second-order valence-corrected chi connectivity index (χ2v) is 7.71. The molecule has 0 aliphatic carbocycles. The first-order chi connectivity index (χ1) is 11.4. The minimum absolute atomic E-state index is 0.240. The van der Waals surface area contributed by atoms with Gasteiger partial charge in [0.05, 0.1) is 11.0 Å². The Balaban J connectivity index is 2.07. The second kappa shape index (κ2) is 6.33. The Morgan fingerprint density at radius 2 is 1.79 bits per heavy atom. The number of nitro groups is 1. The lowest BCUT2D eigenvalue weighted by Gasteiger charge is -2.25. The zero-order valence-electron chi connectivity index (χ0n) is 13.3. The molecule has 2 aromatic carbocycles. The van der Waals surface area contributed by atoms with Crippen LogP contribution in [0.5, 0.6) is 0 Å². The molecule has 126 valence electrons. The zero-order chi connectivity index (χ0) is 17.3. The van der Waals surface area contributed by atoms with Gasteiger partial charge in [0.2, 0.25) is 10.0 Å². The molecule has 0 amide bonds. The van der Waals surface area contributed by atoms with E-state index in [9.17, 15) is 18.5 Å². The van der Waals surface area contributed by atoms with Crippen LogP contribution >= 0.6 is 0 Å². The van der Waals surface area contributed by atoms with Crippen molar-refractivity contribution in [1.29, 1.82) is 0 Å². The molecule has 1 aliphatic heterocycles. The molecule has 1 atom stereocenters. The van der Waals surface area contributed by atoms with Gasteiger partial charge in [-0.25, -0.2) is 8.42 Å². The number of nitro benzene ring substituents is 1. The maximum Gasteiger partial charge on any atom is 0.289 e. The summed E-state index contributed by atoms with van der Waals surface area (Å²) in [6.45, 7) is 2.32. The van der Waals surface area contributed by atoms with Gasteiger partial charge in [0.1, 0.15) is 0 Å². The first-order valence-electron chi connectivity index (χ1n) is 7.73. The van der Waals surface area contributed by atoms with Crippen molar-refractivity contribution in [3.8, 4) is 0 Å².